The van der Waals surface area contributed by atoms with E-state index in [0.29, 0.717) is 26.2 Å². The Labute approximate surface area is 507 Å². The van der Waals surface area contributed by atoms with Crippen molar-refractivity contribution < 1.29 is 48.0 Å². The van der Waals surface area contributed by atoms with Crippen LogP contribution in [0.25, 0.3) is 0 Å². The van der Waals surface area contributed by atoms with Crippen molar-refractivity contribution in [2.75, 3.05) is 40.3 Å². The Morgan fingerprint density at radius 2 is 0.440 bits per heavy atom. The van der Waals surface area contributed by atoms with Gasteiger partial charge in [0, 0.05) is 26.2 Å². The van der Waals surface area contributed by atoms with E-state index in [0.717, 1.165) is 154 Å². The van der Waals surface area contributed by atoms with Crippen LogP contribution >= 0.6 is 0 Å². The highest BCUT2D eigenvalue weighted by Crippen LogP contribution is 2.40. The number of piperazine rings is 4. The van der Waals surface area contributed by atoms with Crippen molar-refractivity contribution in [3.63, 3.8) is 0 Å². The van der Waals surface area contributed by atoms with Gasteiger partial charge in [-0.25, -0.2) is 0 Å². The summed E-state index contributed by atoms with van der Waals surface area (Å²) in [6.07, 6.45) is 26.7. The fourth-order valence-electron chi connectivity index (χ4n) is 13.9. The molecule has 6 aliphatic rings. The van der Waals surface area contributed by atoms with E-state index in [2.05, 4.69) is 0 Å². The van der Waals surface area contributed by atoms with E-state index in [1.165, 1.54) is 32.4 Å². The lowest BCUT2D eigenvalue weighted by molar-refractivity contribution is -0.295. The van der Waals surface area contributed by atoms with E-state index in [4.69, 9.17) is 9.68 Å². The molecular formula is C66H116N8O10. The Bertz CT molecular complexity index is 2040. The summed E-state index contributed by atoms with van der Waals surface area (Å²) in [7, 11) is 3.69. The number of imide groups is 4. The predicted octanol–water partition coefficient (Wildman–Crippen LogP) is 10.9. The van der Waals surface area contributed by atoms with Gasteiger partial charge >= 0.3 is 0 Å². The van der Waals surface area contributed by atoms with Crippen LogP contribution in [0, 0.1) is 0 Å². The summed E-state index contributed by atoms with van der Waals surface area (Å²) in [4.78, 5) is 128. The predicted molar refractivity (Wildman–Crippen MR) is 329 cm³/mol. The first-order valence-electron chi connectivity index (χ1n) is 32.8. The smallest absolute Gasteiger partial charge is 0.251 e. The third kappa shape index (κ3) is 15.4. The Hall–Kier alpha value is -3.68. The third-order valence-corrected chi connectivity index (χ3v) is 20.2. The van der Waals surface area contributed by atoms with Gasteiger partial charge in [-0.3, -0.25) is 77.4 Å². The molecule has 6 rings (SSSR count). The molecule has 0 aromatic carbocycles. The van der Waals surface area contributed by atoms with Crippen molar-refractivity contribution in [2.45, 2.75) is 334 Å². The minimum Gasteiger partial charge on any atom is -0.294 e. The van der Waals surface area contributed by atoms with Crippen LogP contribution in [0.3, 0.4) is 0 Å². The van der Waals surface area contributed by atoms with E-state index >= 15 is 0 Å². The average molecular weight is 1180 g/mol. The van der Waals surface area contributed by atoms with Crippen LogP contribution in [-0.4, -0.2) is 184 Å². The van der Waals surface area contributed by atoms with Gasteiger partial charge in [-0.1, -0.05) is 116 Å². The summed E-state index contributed by atoms with van der Waals surface area (Å²) in [5.74, 6) is -1.16. The summed E-state index contributed by atoms with van der Waals surface area (Å²) in [5, 5.41) is 3.38. The van der Waals surface area contributed by atoms with Crippen molar-refractivity contribution >= 4 is 47.3 Å². The molecule has 480 valence electrons. The normalized spacial score (nSPS) is 25.0. The van der Waals surface area contributed by atoms with E-state index in [-0.39, 0.29) is 59.5 Å². The topological polar surface area (TPSA) is 181 Å². The molecule has 18 heteroatoms. The molecule has 0 atom stereocenters. The van der Waals surface area contributed by atoms with Crippen LogP contribution in [-0.2, 0) is 48.0 Å². The number of unbranched alkanes of at least 4 members (excludes halogenated alkanes) is 14. The van der Waals surface area contributed by atoms with E-state index in [1.54, 1.807) is 10.1 Å². The molecule has 4 saturated heterocycles. The number of hydroxylamine groups is 4. The van der Waals surface area contributed by atoms with Crippen molar-refractivity contribution in [3.8, 4) is 0 Å². The molecule has 0 N–H and O–H groups in total. The number of carbonyl (C=O) groups is 8. The summed E-state index contributed by atoms with van der Waals surface area (Å²) < 4.78 is 0. The molecule has 4 aliphatic heterocycles. The second-order valence-corrected chi connectivity index (χ2v) is 29.6. The third-order valence-electron chi connectivity index (χ3n) is 20.2. The first-order valence-corrected chi connectivity index (χ1v) is 32.8. The van der Waals surface area contributed by atoms with Gasteiger partial charge in [0.25, 0.3) is 23.6 Å². The number of rotatable bonds is 26. The van der Waals surface area contributed by atoms with Gasteiger partial charge in [-0.2, -0.15) is 10.1 Å². The van der Waals surface area contributed by atoms with Gasteiger partial charge in [0.15, 0.2) is 0 Å². The van der Waals surface area contributed by atoms with Crippen LogP contribution in [0.15, 0.2) is 0 Å². The first-order chi connectivity index (χ1) is 39.0. The van der Waals surface area contributed by atoms with Crippen LogP contribution in [0.1, 0.15) is 278 Å². The number of carbonyl (C=O) groups excluding carboxylic acids is 8. The Balaban J connectivity index is 0.000000321. The summed E-state index contributed by atoms with van der Waals surface area (Å²) in [6, 6.07) is 0. The fourth-order valence-corrected chi connectivity index (χ4v) is 13.9. The SMILES string of the molecule is CC1(C)C(=O)N(CCCCCCCCCCN2C(=O)C(C)(C)N(OC3CCCCC3)C(C)(C)C2=O)C(=O)C(C)(C)N1OC1CCCCC1.CN1C(C)(C)C(=O)N(CCCCCCCCCCN2C(=O)C(C)(C)N(C)C(C)(C)C2=O)C(=O)C1(C)C. The summed E-state index contributed by atoms with van der Waals surface area (Å²) in [5.41, 5.74) is -6.41. The lowest BCUT2D eigenvalue weighted by atomic mass is 9.86. The fraction of sp³-hybridized carbons (Fsp3) is 0.879. The molecule has 0 aromatic rings. The van der Waals surface area contributed by atoms with Crippen LogP contribution < -0.4 is 0 Å². The Morgan fingerprint density at radius 3 is 0.631 bits per heavy atom. The molecule has 0 unspecified atom stereocenters. The van der Waals surface area contributed by atoms with Crippen molar-refractivity contribution in [3.05, 3.63) is 0 Å². The standard InChI is InChI=1S/C38H66N4O6.C28H50N4O4/c1-35(2)31(43)39(32(44)36(3,4)41(35)47-29-23-17-15-18-24-29)27-21-13-11-9-10-12-14-22-28-40-33(45)37(5,6)42(38(7,8)34(40)46)48-30-25-19-16-20-26-30;1-25(2)21(33)31(22(34)26(3,4)29(25)9)19-17-15-13-11-12-14-16-18-20-32-23(35)27(5,6)30(10)28(7,8)24(32)36/h29-30H,9-28H2,1-8H3;11-20H2,1-10H3. The van der Waals surface area contributed by atoms with E-state index in [9.17, 15) is 38.4 Å². The van der Waals surface area contributed by atoms with E-state index in [1.807, 2.05) is 135 Å². The van der Waals surface area contributed by atoms with E-state index < -0.39 is 44.3 Å². The number of nitrogens with zero attached hydrogens (tertiary/aromatic N) is 8. The van der Waals surface area contributed by atoms with Gasteiger partial charge in [-0.05, 0) is 176 Å². The zero-order valence-corrected chi connectivity index (χ0v) is 56.0. The van der Waals surface area contributed by atoms with Gasteiger partial charge in [0.05, 0.1) is 34.4 Å². The maximum atomic E-state index is 13.5. The second-order valence-electron chi connectivity index (χ2n) is 29.6. The molecule has 0 spiro atoms. The van der Waals surface area contributed by atoms with Crippen LogP contribution in [0.4, 0.5) is 0 Å². The molecule has 4 heterocycles. The van der Waals surface area contributed by atoms with Gasteiger partial charge in [0.1, 0.15) is 22.2 Å². The largest absolute Gasteiger partial charge is 0.294 e. The highest BCUT2D eigenvalue weighted by atomic mass is 16.7. The monoisotopic (exact) mass is 1180 g/mol. The maximum Gasteiger partial charge on any atom is 0.251 e. The van der Waals surface area contributed by atoms with Gasteiger partial charge in [-0.15, -0.1) is 0 Å². The number of hydrogen-bond donors (Lipinski definition) is 0. The zero-order valence-electron chi connectivity index (χ0n) is 56.0. The molecule has 18 nitrogen and oxygen atoms in total. The van der Waals surface area contributed by atoms with Crippen LogP contribution in [0.5, 0.6) is 0 Å². The Kier molecular flexibility index (Phi) is 24.2. The molecular weight excluding hydrogens is 1060 g/mol. The molecule has 6 fully saturated rings. The molecule has 2 saturated carbocycles. The molecule has 0 aromatic heterocycles. The molecule has 0 bridgehead atoms. The lowest BCUT2D eigenvalue weighted by Gasteiger charge is -2.53. The summed E-state index contributed by atoms with van der Waals surface area (Å²) >= 11 is 0. The molecule has 2 aliphatic carbocycles. The minimum absolute atomic E-state index is 0.0650. The molecule has 0 radical (unpaired) electrons. The minimum atomic E-state index is -0.911. The number of hydrogen-bond acceptors (Lipinski definition) is 14. The van der Waals surface area contributed by atoms with Gasteiger partial charge in [0.2, 0.25) is 23.6 Å². The van der Waals surface area contributed by atoms with Crippen molar-refractivity contribution in [1.29, 1.82) is 0 Å². The number of likely N-dealkylation sites (N-methyl/N-ethyl adjacent to an activating group) is 2. The number of amides is 8. The summed E-state index contributed by atoms with van der Waals surface area (Å²) in [6.45, 7) is 31.9. The highest BCUT2D eigenvalue weighted by molar-refractivity contribution is 6.08. The quantitative estimate of drug-likeness (QED) is 0.0589. The van der Waals surface area contributed by atoms with Crippen molar-refractivity contribution in [1.82, 2.24) is 39.5 Å². The zero-order chi connectivity index (χ0) is 63.0. The van der Waals surface area contributed by atoms with Crippen molar-refractivity contribution in [2.24, 2.45) is 0 Å². The maximum absolute atomic E-state index is 13.5. The first kappa shape index (κ1) is 71.1. The Morgan fingerprint density at radius 1 is 0.274 bits per heavy atom. The highest BCUT2D eigenvalue weighted by Gasteiger charge is 2.60. The van der Waals surface area contributed by atoms with Gasteiger partial charge < -0.3 is 0 Å². The average Bonchev–Trinajstić information content (AvgIpc) is 1.10. The lowest BCUT2D eigenvalue weighted by Crippen LogP contribution is -2.74. The van der Waals surface area contributed by atoms with Crippen LogP contribution in [0.2, 0.25) is 0 Å². The molecule has 8 amide bonds. The second kappa shape index (κ2) is 28.6. The molecule has 84 heavy (non-hydrogen) atoms.